The SMILES string of the molecule is O=S(=O)(c1ccnc(Cl)c1)N(CC1CC1)CC1CC1. The number of nitrogens with zero attached hydrogens (tertiary/aromatic N) is 2. The first-order valence-corrected chi connectivity index (χ1v) is 8.49. The summed E-state index contributed by atoms with van der Waals surface area (Å²) < 4.78 is 26.9. The molecule has 2 aliphatic carbocycles. The highest BCUT2D eigenvalue weighted by Crippen LogP contribution is 2.36. The zero-order valence-electron chi connectivity index (χ0n) is 10.6. The summed E-state index contributed by atoms with van der Waals surface area (Å²) in [6.07, 6.45) is 6.03. The van der Waals surface area contributed by atoms with Crippen molar-refractivity contribution in [3.8, 4) is 0 Å². The number of sulfonamides is 1. The maximum absolute atomic E-state index is 12.7. The number of halogens is 1. The minimum atomic E-state index is -3.42. The molecule has 6 heteroatoms. The van der Waals surface area contributed by atoms with Crippen molar-refractivity contribution in [2.45, 2.75) is 30.6 Å². The van der Waals surface area contributed by atoms with Gasteiger partial charge in [-0.15, -0.1) is 0 Å². The molecule has 0 radical (unpaired) electrons. The van der Waals surface area contributed by atoms with Crippen LogP contribution in [0.15, 0.2) is 23.2 Å². The van der Waals surface area contributed by atoms with Crippen LogP contribution in [-0.4, -0.2) is 30.8 Å². The first-order chi connectivity index (χ1) is 9.05. The van der Waals surface area contributed by atoms with Crippen LogP contribution in [0.2, 0.25) is 5.15 Å². The molecule has 1 aromatic heterocycles. The lowest BCUT2D eigenvalue weighted by atomic mass is 10.4. The zero-order valence-corrected chi connectivity index (χ0v) is 12.2. The Hall–Kier alpha value is -0.650. The summed E-state index contributed by atoms with van der Waals surface area (Å²) in [5, 5.41) is 0.221. The van der Waals surface area contributed by atoms with Crippen molar-refractivity contribution in [3.63, 3.8) is 0 Å². The molecule has 1 heterocycles. The fourth-order valence-corrected chi connectivity index (χ4v) is 3.99. The van der Waals surface area contributed by atoms with E-state index in [4.69, 9.17) is 11.6 Å². The number of hydrogen-bond acceptors (Lipinski definition) is 3. The normalized spacial score (nSPS) is 19.9. The third kappa shape index (κ3) is 3.27. The molecule has 4 nitrogen and oxygen atoms in total. The van der Waals surface area contributed by atoms with Gasteiger partial charge in [-0.2, -0.15) is 4.31 Å². The van der Waals surface area contributed by atoms with Crippen LogP contribution in [-0.2, 0) is 10.0 Å². The monoisotopic (exact) mass is 300 g/mol. The van der Waals surface area contributed by atoms with Gasteiger partial charge in [-0.3, -0.25) is 0 Å². The van der Waals surface area contributed by atoms with E-state index in [1.54, 1.807) is 4.31 Å². The van der Waals surface area contributed by atoms with E-state index in [1.807, 2.05) is 0 Å². The molecule has 2 saturated carbocycles. The molecule has 2 aliphatic rings. The second kappa shape index (κ2) is 5.04. The second-order valence-corrected chi connectivity index (χ2v) is 7.85. The van der Waals surface area contributed by atoms with E-state index in [2.05, 4.69) is 4.98 Å². The molecule has 0 spiro atoms. The minimum Gasteiger partial charge on any atom is -0.244 e. The van der Waals surface area contributed by atoms with Crippen molar-refractivity contribution >= 4 is 21.6 Å². The predicted octanol–water partition coefficient (Wildman–Crippen LogP) is 2.55. The van der Waals surface area contributed by atoms with Crippen LogP contribution in [0, 0.1) is 11.8 Å². The summed E-state index contributed by atoms with van der Waals surface area (Å²) in [4.78, 5) is 4.10. The largest absolute Gasteiger partial charge is 0.244 e. The minimum absolute atomic E-state index is 0.221. The van der Waals surface area contributed by atoms with Crippen molar-refractivity contribution in [1.82, 2.24) is 9.29 Å². The summed E-state index contributed by atoms with van der Waals surface area (Å²) in [7, 11) is -3.42. The first kappa shape index (κ1) is 13.3. The topological polar surface area (TPSA) is 50.3 Å². The van der Waals surface area contributed by atoms with Gasteiger partial charge in [0.15, 0.2) is 0 Å². The van der Waals surface area contributed by atoms with Crippen molar-refractivity contribution in [2.24, 2.45) is 11.8 Å². The Morgan fingerprint density at radius 1 is 1.21 bits per heavy atom. The lowest BCUT2D eigenvalue weighted by Gasteiger charge is -2.22. The molecule has 1 aromatic rings. The van der Waals surface area contributed by atoms with Crippen LogP contribution >= 0.6 is 11.6 Å². The van der Waals surface area contributed by atoms with Gasteiger partial charge >= 0.3 is 0 Å². The molecule has 0 N–H and O–H groups in total. The molecule has 104 valence electrons. The van der Waals surface area contributed by atoms with Gasteiger partial charge in [0, 0.05) is 19.3 Å². The average molecular weight is 301 g/mol. The van der Waals surface area contributed by atoms with E-state index in [1.165, 1.54) is 18.3 Å². The van der Waals surface area contributed by atoms with Crippen LogP contribution in [0.4, 0.5) is 0 Å². The van der Waals surface area contributed by atoms with E-state index in [9.17, 15) is 8.42 Å². The van der Waals surface area contributed by atoms with Gasteiger partial charge in [0.2, 0.25) is 10.0 Å². The Bertz CT molecular complexity index is 554. The molecule has 3 rings (SSSR count). The smallest absolute Gasteiger partial charge is 0.243 e. The molecular weight excluding hydrogens is 284 g/mol. The molecule has 0 atom stereocenters. The number of hydrogen-bond donors (Lipinski definition) is 0. The highest BCUT2D eigenvalue weighted by molar-refractivity contribution is 7.89. The predicted molar refractivity (Wildman–Crippen MR) is 73.5 cm³/mol. The lowest BCUT2D eigenvalue weighted by Crippen LogP contribution is -2.34. The number of pyridine rings is 1. The number of aromatic nitrogens is 1. The Morgan fingerprint density at radius 2 is 1.79 bits per heavy atom. The van der Waals surface area contributed by atoms with Gasteiger partial charge < -0.3 is 0 Å². The standard InChI is InChI=1S/C13H17ClN2O2S/c14-13-7-12(5-6-15-13)19(17,18)16(8-10-1-2-10)9-11-3-4-11/h5-7,10-11H,1-4,8-9H2. The third-order valence-electron chi connectivity index (χ3n) is 3.65. The summed E-state index contributed by atoms with van der Waals surface area (Å²) in [5.41, 5.74) is 0. The van der Waals surface area contributed by atoms with Crippen LogP contribution < -0.4 is 0 Å². The van der Waals surface area contributed by atoms with Crippen LogP contribution in [0.1, 0.15) is 25.7 Å². The Kier molecular flexibility index (Phi) is 3.53. The fraction of sp³-hybridized carbons (Fsp3) is 0.615. The molecular formula is C13H17ClN2O2S. The molecule has 19 heavy (non-hydrogen) atoms. The van der Waals surface area contributed by atoms with Gasteiger partial charge in [-0.05, 0) is 49.7 Å². The van der Waals surface area contributed by atoms with Gasteiger partial charge in [0.25, 0.3) is 0 Å². The highest BCUT2D eigenvalue weighted by Gasteiger charge is 2.35. The lowest BCUT2D eigenvalue weighted by molar-refractivity contribution is 0.382. The van der Waals surface area contributed by atoms with Crippen LogP contribution in [0.25, 0.3) is 0 Å². The van der Waals surface area contributed by atoms with Crippen molar-refractivity contribution in [1.29, 1.82) is 0 Å². The Morgan fingerprint density at radius 3 is 2.26 bits per heavy atom. The van der Waals surface area contributed by atoms with Crippen molar-refractivity contribution < 1.29 is 8.42 Å². The molecule has 0 unspecified atom stereocenters. The second-order valence-electron chi connectivity index (χ2n) is 5.52. The molecule has 0 aliphatic heterocycles. The quantitative estimate of drug-likeness (QED) is 0.759. The first-order valence-electron chi connectivity index (χ1n) is 6.67. The fourth-order valence-electron chi connectivity index (χ4n) is 2.14. The Labute approximate surface area is 118 Å². The molecule has 0 saturated heterocycles. The van der Waals surface area contributed by atoms with Crippen molar-refractivity contribution in [3.05, 3.63) is 23.5 Å². The van der Waals surface area contributed by atoms with E-state index in [0.717, 1.165) is 25.7 Å². The van der Waals surface area contributed by atoms with Gasteiger partial charge in [-0.25, -0.2) is 13.4 Å². The van der Waals surface area contributed by atoms with Gasteiger partial charge in [0.1, 0.15) is 5.15 Å². The molecule has 0 bridgehead atoms. The summed E-state index contributed by atoms with van der Waals surface area (Å²) in [5.74, 6) is 1.09. The van der Waals surface area contributed by atoms with Gasteiger partial charge in [0.05, 0.1) is 4.90 Å². The van der Waals surface area contributed by atoms with E-state index < -0.39 is 10.0 Å². The third-order valence-corrected chi connectivity index (χ3v) is 5.69. The van der Waals surface area contributed by atoms with E-state index in [0.29, 0.717) is 24.9 Å². The summed E-state index contributed by atoms with van der Waals surface area (Å²) in [6, 6.07) is 2.96. The molecule has 2 fully saturated rings. The van der Waals surface area contributed by atoms with Crippen LogP contribution in [0.3, 0.4) is 0 Å². The molecule has 0 amide bonds. The molecule has 0 aromatic carbocycles. The van der Waals surface area contributed by atoms with E-state index in [-0.39, 0.29) is 10.0 Å². The van der Waals surface area contributed by atoms with Crippen molar-refractivity contribution in [2.75, 3.05) is 13.1 Å². The summed E-state index contributed by atoms with van der Waals surface area (Å²) >= 11 is 5.80. The number of rotatable bonds is 6. The average Bonchev–Trinajstić information content (AvgIpc) is 3.23. The maximum Gasteiger partial charge on any atom is 0.243 e. The zero-order chi connectivity index (χ0) is 13.5. The van der Waals surface area contributed by atoms with Gasteiger partial charge in [-0.1, -0.05) is 11.6 Å². The summed E-state index contributed by atoms with van der Waals surface area (Å²) in [6.45, 7) is 1.30. The van der Waals surface area contributed by atoms with E-state index >= 15 is 0 Å². The Balaban J connectivity index is 1.85. The van der Waals surface area contributed by atoms with Crippen LogP contribution in [0.5, 0.6) is 0 Å². The highest BCUT2D eigenvalue weighted by atomic mass is 35.5. The maximum atomic E-state index is 12.7.